The lowest BCUT2D eigenvalue weighted by atomic mass is 10.4. The normalized spacial score (nSPS) is 13.4. The molecule has 0 N–H and O–H groups in total. The molecule has 0 spiro atoms. The molecule has 2 nitrogen and oxygen atoms in total. The highest BCUT2D eigenvalue weighted by Gasteiger charge is 2.37. The van der Waals surface area contributed by atoms with Crippen molar-refractivity contribution < 1.29 is 9.00 Å². The molecule has 2 aromatic rings. The SMILES string of the molecule is CC(=O)CS(C)(=O)(c1ccc(Cl)cc1)c1ccc(Cl)cc1. The average Bonchev–Trinajstić information content (AvgIpc) is 2.38. The average molecular weight is 343 g/mol. The van der Waals surface area contributed by atoms with E-state index < -0.39 is 9.07 Å². The maximum Gasteiger partial charge on any atom is 0.141 e. The van der Waals surface area contributed by atoms with Crippen LogP contribution in [-0.4, -0.2) is 22.0 Å². The van der Waals surface area contributed by atoms with Gasteiger partial charge in [0.1, 0.15) is 5.78 Å². The fourth-order valence-electron chi connectivity index (χ4n) is 2.37. The zero-order valence-corrected chi connectivity index (χ0v) is 14.1. The fraction of sp³-hybridized carbons (Fsp3) is 0.188. The molecule has 112 valence electrons. The zero-order chi connectivity index (χ0) is 15.7. The van der Waals surface area contributed by atoms with Crippen molar-refractivity contribution in [3.8, 4) is 0 Å². The van der Waals surface area contributed by atoms with Gasteiger partial charge in [0.15, 0.2) is 0 Å². The van der Waals surface area contributed by atoms with Gasteiger partial charge < -0.3 is 0 Å². The van der Waals surface area contributed by atoms with Crippen LogP contribution in [0.1, 0.15) is 6.92 Å². The molecular formula is C16H16Cl2O2S. The molecule has 0 saturated heterocycles. The van der Waals surface area contributed by atoms with E-state index in [-0.39, 0.29) is 11.5 Å². The second-order valence-electron chi connectivity index (χ2n) is 5.29. The molecule has 0 fully saturated rings. The zero-order valence-electron chi connectivity index (χ0n) is 11.8. The second-order valence-corrected chi connectivity index (χ2v) is 10.5. The first-order chi connectivity index (χ1) is 9.71. The lowest BCUT2D eigenvalue weighted by molar-refractivity contribution is -0.114. The molecule has 0 aliphatic carbocycles. The molecule has 2 aromatic carbocycles. The molecule has 2 rings (SSSR count). The van der Waals surface area contributed by atoms with Gasteiger partial charge in [0.05, 0.1) is 5.75 Å². The highest BCUT2D eigenvalue weighted by atomic mass is 35.5. The van der Waals surface area contributed by atoms with Gasteiger partial charge in [-0.25, -0.2) is 0 Å². The Morgan fingerprint density at radius 2 is 1.24 bits per heavy atom. The maximum absolute atomic E-state index is 13.9. The van der Waals surface area contributed by atoms with Gasteiger partial charge in [-0.05, 0) is 64.5 Å². The molecule has 0 aliphatic heterocycles. The van der Waals surface area contributed by atoms with Gasteiger partial charge in [-0.2, -0.15) is 0 Å². The third kappa shape index (κ3) is 3.20. The summed E-state index contributed by atoms with van der Waals surface area (Å²) in [7, 11) is -3.52. The molecule has 0 atom stereocenters. The summed E-state index contributed by atoms with van der Waals surface area (Å²) >= 11 is 11.8. The Morgan fingerprint density at radius 1 is 0.905 bits per heavy atom. The minimum absolute atomic E-state index is 0.0412. The van der Waals surface area contributed by atoms with E-state index in [9.17, 15) is 9.00 Å². The lowest BCUT2D eigenvalue weighted by Gasteiger charge is -2.38. The van der Waals surface area contributed by atoms with Gasteiger partial charge in [0.2, 0.25) is 0 Å². The number of carbonyl (C=O) groups excluding carboxylic acids is 1. The monoisotopic (exact) mass is 342 g/mol. The van der Waals surface area contributed by atoms with E-state index in [0.29, 0.717) is 19.8 Å². The largest absolute Gasteiger partial charge is 0.299 e. The summed E-state index contributed by atoms with van der Waals surface area (Å²) in [6.07, 6.45) is 1.64. The molecule has 0 amide bonds. The van der Waals surface area contributed by atoms with Crippen molar-refractivity contribution >= 4 is 38.1 Å². The van der Waals surface area contributed by atoms with Crippen molar-refractivity contribution in [2.45, 2.75) is 16.7 Å². The van der Waals surface area contributed by atoms with E-state index in [2.05, 4.69) is 0 Å². The smallest absolute Gasteiger partial charge is 0.141 e. The minimum atomic E-state index is -3.52. The molecule has 0 aliphatic rings. The Hall–Kier alpha value is -1.16. The van der Waals surface area contributed by atoms with E-state index in [1.54, 1.807) is 54.8 Å². The third-order valence-corrected chi connectivity index (χ3v) is 8.03. The Morgan fingerprint density at radius 3 is 1.52 bits per heavy atom. The number of carbonyl (C=O) groups is 1. The standard InChI is InChI=1S/C16H16Cl2O2S/c1-12(19)11-21(2,20,15-7-3-13(17)4-8-15)16-9-5-14(18)6-10-16/h3-10H,11H2,1-2H3. The number of ketones is 1. The summed E-state index contributed by atoms with van der Waals surface area (Å²) in [6, 6.07) is 13.6. The van der Waals surface area contributed by atoms with E-state index in [1.165, 1.54) is 6.92 Å². The summed E-state index contributed by atoms with van der Waals surface area (Å²) in [5.74, 6) is -0.167. The van der Waals surface area contributed by atoms with Crippen molar-refractivity contribution in [3.05, 3.63) is 58.6 Å². The molecule has 0 radical (unpaired) electrons. The Bertz CT molecular complexity index is 684. The highest BCUT2D eigenvalue weighted by molar-refractivity contribution is 8.20. The summed E-state index contributed by atoms with van der Waals surface area (Å²) in [5, 5.41) is 1.12. The number of hydrogen-bond donors (Lipinski definition) is 0. The quantitative estimate of drug-likeness (QED) is 0.822. The number of Topliss-reactive ketones (excluding diaryl/α,β-unsaturated/α-hetero) is 1. The van der Waals surface area contributed by atoms with Gasteiger partial charge in [0, 0.05) is 26.1 Å². The van der Waals surface area contributed by atoms with Crippen molar-refractivity contribution in [2.75, 3.05) is 12.0 Å². The van der Waals surface area contributed by atoms with E-state index >= 15 is 0 Å². The predicted molar refractivity (Wildman–Crippen MR) is 89.1 cm³/mol. The van der Waals surface area contributed by atoms with Crippen molar-refractivity contribution in [3.63, 3.8) is 0 Å². The number of benzene rings is 2. The molecule has 0 bridgehead atoms. The van der Waals surface area contributed by atoms with Crippen LogP contribution in [0.4, 0.5) is 0 Å². The van der Waals surface area contributed by atoms with Gasteiger partial charge >= 0.3 is 0 Å². The van der Waals surface area contributed by atoms with Crippen molar-refractivity contribution in [2.24, 2.45) is 0 Å². The van der Waals surface area contributed by atoms with Crippen LogP contribution in [0.25, 0.3) is 0 Å². The summed E-state index contributed by atoms with van der Waals surface area (Å²) in [5.41, 5.74) is 0. The first-order valence-corrected chi connectivity index (χ1v) is 9.65. The van der Waals surface area contributed by atoms with Crippen LogP contribution in [0.3, 0.4) is 0 Å². The van der Waals surface area contributed by atoms with Gasteiger partial charge in [-0.1, -0.05) is 23.2 Å². The van der Waals surface area contributed by atoms with E-state index in [0.717, 1.165) is 0 Å². The first kappa shape index (κ1) is 16.2. The Balaban J connectivity index is 2.70. The molecule has 0 aromatic heterocycles. The lowest BCUT2D eigenvalue weighted by Crippen LogP contribution is -2.38. The van der Waals surface area contributed by atoms with Crippen molar-refractivity contribution in [1.29, 1.82) is 0 Å². The third-order valence-electron chi connectivity index (χ3n) is 3.41. The number of hydrogen-bond acceptors (Lipinski definition) is 2. The second kappa shape index (κ2) is 5.56. The summed E-state index contributed by atoms with van der Waals surface area (Å²) in [6.45, 7) is 1.45. The van der Waals surface area contributed by atoms with Crippen LogP contribution in [0.15, 0.2) is 58.3 Å². The fourth-order valence-corrected chi connectivity index (χ4v) is 5.91. The van der Waals surface area contributed by atoms with Crippen LogP contribution >= 0.6 is 23.2 Å². The maximum atomic E-state index is 13.9. The van der Waals surface area contributed by atoms with E-state index in [4.69, 9.17) is 23.2 Å². The van der Waals surface area contributed by atoms with Gasteiger partial charge in [-0.15, -0.1) is 0 Å². The molecule has 21 heavy (non-hydrogen) atoms. The van der Waals surface area contributed by atoms with Crippen LogP contribution in [0.2, 0.25) is 10.0 Å². The van der Waals surface area contributed by atoms with Crippen molar-refractivity contribution in [1.82, 2.24) is 0 Å². The summed E-state index contributed by atoms with van der Waals surface area (Å²) in [4.78, 5) is 12.9. The highest BCUT2D eigenvalue weighted by Crippen LogP contribution is 2.41. The molecule has 0 saturated carbocycles. The van der Waals surface area contributed by atoms with Crippen LogP contribution < -0.4 is 0 Å². The minimum Gasteiger partial charge on any atom is -0.299 e. The van der Waals surface area contributed by atoms with E-state index in [1.807, 2.05) is 0 Å². The summed E-state index contributed by atoms with van der Waals surface area (Å²) < 4.78 is 13.9. The molecule has 0 heterocycles. The number of halogens is 2. The molecule has 5 heteroatoms. The molecule has 0 unspecified atom stereocenters. The van der Waals surface area contributed by atoms with Gasteiger partial charge in [-0.3, -0.25) is 9.00 Å². The van der Waals surface area contributed by atoms with Crippen LogP contribution in [0, 0.1) is 0 Å². The molecular weight excluding hydrogens is 327 g/mol. The Labute approximate surface area is 134 Å². The van der Waals surface area contributed by atoms with Crippen LogP contribution in [-0.2, 0) is 13.9 Å². The van der Waals surface area contributed by atoms with Crippen LogP contribution in [0.5, 0.6) is 0 Å². The van der Waals surface area contributed by atoms with Gasteiger partial charge in [0.25, 0.3) is 0 Å². The number of rotatable bonds is 4. The predicted octanol–water partition coefficient (Wildman–Crippen LogP) is 4.45. The Kier molecular flexibility index (Phi) is 4.29. The first-order valence-electron chi connectivity index (χ1n) is 6.35. The topological polar surface area (TPSA) is 34.1 Å².